The molecule has 1 unspecified atom stereocenters. The summed E-state index contributed by atoms with van der Waals surface area (Å²) >= 11 is 12.4. The molecular weight excluding hydrogens is 597 g/mol. The molecule has 3 rings (SSSR count). The second-order valence-corrected chi connectivity index (χ2v) is 12.4. The first kappa shape index (κ1) is 33.2. The normalized spacial score (nSPS) is 12.0. The Morgan fingerprint density at radius 3 is 2.17 bits per heavy atom. The Bertz CT molecular complexity index is 1460. The predicted molar refractivity (Wildman–Crippen MR) is 168 cm³/mol. The smallest absolute Gasteiger partial charge is 0.264 e. The number of rotatable bonds is 14. The van der Waals surface area contributed by atoms with Gasteiger partial charge < -0.3 is 15.0 Å². The van der Waals surface area contributed by atoms with Crippen molar-refractivity contribution in [2.75, 3.05) is 24.0 Å². The summed E-state index contributed by atoms with van der Waals surface area (Å²) in [5.74, 6) is -0.300. The third-order valence-corrected chi connectivity index (χ3v) is 9.12. The van der Waals surface area contributed by atoms with E-state index in [4.69, 9.17) is 27.9 Å². The third-order valence-electron chi connectivity index (χ3n) is 6.60. The van der Waals surface area contributed by atoms with Crippen LogP contribution in [0, 0.1) is 6.92 Å². The van der Waals surface area contributed by atoms with Gasteiger partial charge in [0.05, 0.1) is 27.2 Å². The molecule has 0 aliphatic carbocycles. The first-order valence-corrected chi connectivity index (χ1v) is 16.0. The fraction of sp³-hybridized carbons (Fsp3) is 0.355. The molecule has 0 heterocycles. The number of benzene rings is 3. The van der Waals surface area contributed by atoms with Crippen LogP contribution < -0.4 is 14.4 Å². The molecule has 2 amide bonds. The maximum Gasteiger partial charge on any atom is 0.264 e. The Kier molecular flexibility index (Phi) is 12.1. The summed E-state index contributed by atoms with van der Waals surface area (Å²) in [5.41, 5.74) is 1.83. The molecular formula is C31H37Cl2N3O5S. The van der Waals surface area contributed by atoms with Gasteiger partial charge in [-0.1, -0.05) is 60.8 Å². The summed E-state index contributed by atoms with van der Waals surface area (Å²) in [5, 5.41) is 3.53. The molecule has 0 saturated carbocycles. The van der Waals surface area contributed by atoms with Crippen molar-refractivity contribution in [2.24, 2.45) is 0 Å². The lowest BCUT2D eigenvalue weighted by molar-refractivity contribution is -0.140. The van der Waals surface area contributed by atoms with E-state index in [0.717, 1.165) is 16.3 Å². The second-order valence-electron chi connectivity index (χ2n) is 9.74. The number of sulfonamides is 1. The molecule has 11 heteroatoms. The number of halogens is 2. The van der Waals surface area contributed by atoms with E-state index in [9.17, 15) is 18.0 Å². The van der Waals surface area contributed by atoms with Gasteiger partial charge in [0.25, 0.3) is 10.0 Å². The molecule has 0 aromatic heterocycles. The van der Waals surface area contributed by atoms with E-state index in [1.54, 1.807) is 61.5 Å². The molecule has 0 saturated heterocycles. The van der Waals surface area contributed by atoms with Crippen molar-refractivity contribution in [2.45, 2.75) is 58.0 Å². The van der Waals surface area contributed by atoms with Crippen molar-refractivity contribution in [3.63, 3.8) is 0 Å². The van der Waals surface area contributed by atoms with Gasteiger partial charge >= 0.3 is 0 Å². The molecule has 0 radical (unpaired) electrons. The average molecular weight is 635 g/mol. The SMILES string of the molecule is CCCNC(=O)C(CC)N(Cc1ccc(Cl)c(Cl)c1)C(=O)CN(c1ccc(OCC)cc1)S(=O)(=O)c1ccc(C)cc1. The van der Waals surface area contributed by atoms with E-state index < -0.39 is 28.5 Å². The van der Waals surface area contributed by atoms with Crippen LogP contribution in [-0.2, 0) is 26.2 Å². The highest BCUT2D eigenvalue weighted by atomic mass is 35.5. The molecule has 1 atom stereocenters. The first-order valence-electron chi connectivity index (χ1n) is 13.8. The van der Waals surface area contributed by atoms with E-state index in [-0.39, 0.29) is 23.0 Å². The molecule has 226 valence electrons. The van der Waals surface area contributed by atoms with Crippen LogP contribution >= 0.6 is 23.2 Å². The van der Waals surface area contributed by atoms with Gasteiger partial charge in [0.15, 0.2) is 0 Å². The van der Waals surface area contributed by atoms with Gasteiger partial charge in [0, 0.05) is 13.1 Å². The molecule has 0 aliphatic heterocycles. The minimum Gasteiger partial charge on any atom is -0.494 e. The first-order chi connectivity index (χ1) is 20.0. The fourth-order valence-electron chi connectivity index (χ4n) is 4.36. The predicted octanol–water partition coefficient (Wildman–Crippen LogP) is 6.23. The quantitative estimate of drug-likeness (QED) is 0.227. The summed E-state index contributed by atoms with van der Waals surface area (Å²) < 4.78 is 34.5. The van der Waals surface area contributed by atoms with E-state index >= 15 is 0 Å². The van der Waals surface area contributed by atoms with Gasteiger partial charge in [-0.2, -0.15) is 0 Å². The lowest BCUT2D eigenvalue weighted by Gasteiger charge is -2.33. The molecule has 3 aromatic carbocycles. The van der Waals surface area contributed by atoms with Crippen LogP contribution in [0.15, 0.2) is 71.6 Å². The Labute approximate surface area is 258 Å². The standard InChI is InChI=1S/C31H37Cl2N3O5S/c1-5-18-34-31(38)29(6-2)35(20-23-10-17-27(32)28(33)19-23)30(37)21-36(24-11-13-25(14-12-24)41-7-3)42(39,40)26-15-8-22(4)9-16-26/h8-17,19,29H,5-7,18,20-21H2,1-4H3,(H,34,38). The summed E-state index contributed by atoms with van der Waals surface area (Å²) in [4.78, 5) is 28.8. The number of hydrogen-bond donors (Lipinski definition) is 1. The highest BCUT2D eigenvalue weighted by Gasteiger charge is 2.33. The van der Waals surface area contributed by atoms with Gasteiger partial charge in [-0.25, -0.2) is 8.42 Å². The minimum atomic E-state index is -4.17. The number of carbonyl (C=O) groups excluding carboxylic acids is 2. The van der Waals surface area contributed by atoms with Crippen molar-refractivity contribution >= 4 is 50.7 Å². The minimum absolute atomic E-state index is 0.0233. The lowest BCUT2D eigenvalue weighted by Crippen LogP contribution is -2.52. The lowest BCUT2D eigenvalue weighted by atomic mass is 10.1. The zero-order chi connectivity index (χ0) is 30.9. The monoisotopic (exact) mass is 633 g/mol. The summed E-state index contributed by atoms with van der Waals surface area (Å²) in [6, 6.07) is 17.1. The number of nitrogens with zero attached hydrogens (tertiary/aromatic N) is 2. The Balaban J connectivity index is 2.06. The number of nitrogens with one attached hydrogen (secondary N) is 1. The van der Waals surface area contributed by atoms with Crippen molar-refractivity contribution < 1.29 is 22.7 Å². The van der Waals surface area contributed by atoms with Gasteiger partial charge in [-0.3, -0.25) is 13.9 Å². The Morgan fingerprint density at radius 2 is 1.60 bits per heavy atom. The molecule has 42 heavy (non-hydrogen) atoms. The van der Waals surface area contributed by atoms with E-state index in [2.05, 4.69) is 5.32 Å². The van der Waals surface area contributed by atoms with E-state index in [0.29, 0.717) is 40.9 Å². The molecule has 8 nitrogen and oxygen atoms in total. The van der Waals surface area contributed by atoms with Gasteiger partial charge in [0.2, 0.25) is 11.8 Å². The molecule has 3 aromatic rings. The number of ether oxygens (including phenoxy) is 1. The molecule has 0 spiro atoms. The van der Waals surface area contributed by atoms with E-state index in [1.165, 1.54) is 17.0 Å². The highest BCUT2D eigenvalue weighted by Crippen LogP contribution is 2.28. The topological polar surface area (TPSA) is 96.0 Å². The van der Waals surface area contributed by atoms with Crippen molar-refractivity contribution in [1.29, 1.82) is 0 Å². The van der Waals surface area contributed by atoms with Crippen LogP contribution in [0.4, 0.5) is 5.69 Å². The summed E-state index contributed by atoms with van der Waals surface area (Å²) in [6.45, 7) is 7.83. The maximum atomic E-state index is 14.1. The van der Waals surface area contributed by atoms with Gasteiger partial charge in [0.1, 0.15) is 18.3 Å². The van der Waals surface area contributed by atoms with E-state index in [1.807, 2.05) is 20.8 Å². The van der Waals surface area contributed by atoms with Crippen LogP contribution in [0.2, 0.25) is 10.0 Å². The van der Waals surface area contributed by atoms with Crippen molar-refractivity contribution in [1.82, 2.24) is 10.2 Å². The molecule has 1 N–H and O–H groups in total. The third kappa shape index (κ3) is 8.40. The zero-order valence-corrected chi connectivity index (χ0v) is 26.6. The Morgan fingerprint density at radius 1 is 0.929 bits per heavy atom. The van der Waals surface area contributed by atoms with Crippen LogP contribution in [0.25, 0.3) is 0 Å². The number of anilines is 1. The van der Waals surface area contributed by atoms with Crippen molar-refractivity contribution in [3.05, 3.63) is 87.9 Å². The average Bonchev–Trinajstić information content (AvgIpc) is 2.97. The number of aryl methyl sites for hydroxylation is 1. The van der Waals surface area contributed by atoms with Crippen LogP contribution in [0.5, 0.6) is 5.75 Å². The molecule has 0 aliphatic rings. The van der Waals surface area contributed by atoms with Crippen LogP contribution in [0.3, 0.4) is 0 Å². The largest absolute Gasteiger partial charge is 0.494 e. The number of hydrogen-bond acceptors (Lipinski definition) is 5. The summed E-state index contributed by atoms with van der Waals surface area (Å²) in [6.07, 6.45) is 1.04. The van der Waals surface area contributed by atoms with Crippen LogP contribution in [0.1, 0.15) is 44.7 Å². The van der Waals surface area contributed by atoms with Crippen LogP contribution in [-0.4, -0.2) is 50.9 Å². The van der Waals surface area contributed by atoms with Gasteiger partial charge in [-0.05, 0) is 80.8 Å². The fourth-order valence-corrected chi connectivity index (χ4v) is 6.10. The maximum absolute atomic E-state index is 14.1. The second kappa shape index (κ2) is 15.3. The summed E-state index contributed by atoms with van der Waals surface area (Å²) in [7, 11) is -4.17. The molecule has 0 bridgehead atoms. The zero-order valence-electron chi connectivity index (χ0n) is 24.3. The Hall–Kier alpha value is -3.27. The highest BCUT2D eigenvalue weighted by molar-refractivity contribution is 7.92. The number of carbonyl (C=O) groups is 2. The van der Waals surface area contributed by atoms with Crippen molar-refractivity contribution in [3.8, 4) is 5.75 Å². The molecule has 0 fully saturated rings. The number of amides is 2. The van der Waals surface area contributed by atoms with Gasteiger partial charge in [-0.15, -0.1) is 0 Å².